The van der Waals surface area contributed by atoms with E-state index >= 15 is 0 Å². The van der Waals surface area contributed by atoms with Crippen LogP contribution in [0.2, 0.25) is 5.02 Å². The van der Waals surface area contributed by atoms with Crippen LogP contribution in [-0.2, 0) is 9.53 Å². The number of hydrogen-bond donors (Lipinski definition) is 0. The van der Waals surface area contributed by atoms with Gasteiger partial charge in [0.1, 0.15) is 6.61 Å². The van der Waals surface area contributed by atoms with Crippen molar-refractivity contribution in [2.24, 2.45) is 0 Å². The van der Waals surface area contributed by atoms with Gasteiger partial charge in [-0.25, -0.2) is 4.79 Å². The number of benzene rings is 2. The molecule has 0 unspecified atom stereocenters. The predicted octanol–water partition coefficient (Wildman–Crippen LogP) is 3.69. The highest BCUT2D eigenvalue weighted by atomic mass is 35.5. The third kappa shape index (κ3) is 6.16. The first-order chi connectivity index (χ1) is 9.63. The SMILES string of the molecule is Cc1ccccc1.O=CCOC(=O)c1ccc(Cl)cc1. The van der Waals surface area contributed by atoms with Gasteiger partial charge in [-0.05, 0) is 31.2 Å². The highest BCUT2D eigenvalue weighted by Gasteiger charge is 2.05. The van der Waals surface area contributed by atoms with Gasteiger partial charge in [-0.15, -0.1) is 0 Å². The van der Waals surface area contributed by atoms with Crippen LogP contribution in [-0.4, -0.2) is 18.9 Å². The number of halogens is 1. The first kappa shape index (κ1) is 15.9. The van der Waals surface area contributed by atoms with Gasteiger partial charge in [0.25, 0.3) is 0 Å². The molecule has 0 aliphatic rings. The van der Waals surface area contributed by atoms with E-state index in [0.29, 0.717) is 16.9 Å². The van der Waals surface area contributed by atoms with Crippen molar-refractivity contribution < 1.29 is 14.3 Å². The lowest BCUT2D eigenvalue weighted by atomic mass is 10.2. The minimum atomic E-state index is -0.524. The Labute approximate surface area is 123 Å². The third-order valence-corrected chi connectivity index (χ3v) is 2.55. The quantitative estimate of drug-likeness (QED) is 0.639. The molecular weight excluding hydrogens is 276 g/mol. The Morgan fingerprint density at radius 3 is 2.15 bits per heavy atom. The summed E-state index contributed by atoms with van der Waals surface area (Å²) in [7, 11) is 0. The van der Waals surface area contributed by atoms with Crippen LogP contribution in [0.4, 0.5) is 0 Å². The summed E-state index contributed by atoms with van der Waals surface area (Å²) in [6, 6.07) is 16.5. The molecule has 104 valence electrons. The van der Waals surface area contributed by atoms with Crippen molar-refractivity contribution in [1.29, 1.82) is 0 Å². The molecule has 0 saturated carbocycles. The van der Waals surface area contributed by atoms with Gasteiger partial charge in [0.05, 0.1) is 5.56 Å². The molecule has 0 amide bonds. The number of carbonyl (C=O) groups excluding carboxylic acids is 2. The minimum Gasteiger partial charge on any atom is -0.454 e. The van der Waals surface area contributed by atoms with Crippen LogP contribution >= 0.6 is 11.6 Å². The summed E-state index contributed by atoms with van der Waals surface area (Å²) in [4.78, 5) is 21.0. The standard InChI is InChI=1S/C9H7ClO3.C7H8/c10-8-3-1-7(2-4-8)9(12)13-6-5-11;1-7-5-3-2-4-6-7/h1-5H,6H2;2-6H,1H3. The molecule has 0 aromatic heterocycles. The maximum absolute atomic E-state index is 11.1. The Kier molecular flexibility index (Phi) is 7.07. The molecule has 0 radical (unpaired) electrons. The van der Waals surface area contributed by atoms with Crippen molar-refractivity contribution in [3.05, 3.63) is 70.7 Å². The van der Waals surface area contributed by atoms with Crippen LogP contribution in [0.1, 0.15) is 15.9 Å². The number of rotatable bonds is 3. The summed E-state index contributed by atoms with van der Waals surface area (Å²) in [5.74, 6) is -0.524. The van der Waals surface area contributed by atoms with E-state index in [1.165, 1.54) is 17.7 Å². The van der Waals surface area contributed by atoms with Crippen LogP contribution in [0.15, 0.2) is 54.6 Å². The summed E-state index contributed by atoms with van der Waals surface area (Å²) < 4.78 is 4.57. The molecule has 0 spiro atoms. The van der Waals surface area contributed by atoms with E-state index in [0.717, 1.165) is 0 Å². The summed E-state index contributed by atoms with van der Waals surface area (Å²) >= 11 is 5.61. The van der Waals surface area contributed by atoms with E-state index in [2.05, 4.69) is 23.8 Å². The van der Waals surface area contributed by atoms with Crippen LogP contribution in [0.25, 0.3) is 0 Å². The molecule has 3 nitrogen and oxygen atoms in total. The maximum atomic E-state index is 11.1. The molecule has 0 saturated heterocycles. The molecule has 0 bridgehead atoms. The van der Waals surface area contributed by atoms with Gasteiger partial charge in [-0.3, -0.25) is 4.79 Å². The van der Waals surface area contributed by atoms with Gasteiger partial charge in [0.2, 0.25) is 0 Å². The molecule has 2 aromatic carbocycles. The largest absolute Gasteiger partial charge is 0.454 e. The van der Waals surface area contributed by atoms with Gasteiger partial charge in [-0.1, -0.05) is 47.5 Å². The van der Waals surface area contributed by atoms with E-state index in [4.69, 9.17) is 11.6 Å². The average Bonchev–Trinajstić information content (AvgIpc) is 2.47. The van der Waals surface area contributed by atoms with Gasteiger partial charge in [0.15, 0.2) is 6.29 Å². The summed E-state index contributed by atoms with van der Waals surface area (Å²) in [6.45, 7) is 1.86. The first-order valence-corrected chi connectivity index (χ1v) is 6.39. The Morgan fingerprint density at radius 1 is 1.10 bits per heavy atom. The summed E-state index contributed by atoms with van der Waals surface area (Å²) in [5, 5.41) is 0.548. The van der Waals surface area contributed by atoms with E-state index in [-0.39, 0.29) is 6.61 Å². The van der Waals surface area contributed by atoms with E-state index in [1.54, 1.807) is 12.1 Å². The molecule has 2 rings (SSSR count). The lowest BCUT2D eigenvalue weighted by Crippen LogP contribution is -2.06. The Bertz CT molecular complexity index is 535. The second-order valence-electron chi connectivity index (χ2n) is 3.93. The highest BCUT2D eigenvalue weighted by molar-refractivity contribution is 6.30. The molecule has 4 heteroatoms. The molecule has 0 heterocycles. The molecule has 0 N–H and O–H groups in total. The maximum Gasteiger partial charge on any atom is 0.338 e. The fraction of sp³-hybridized carbons (Fsp3) is 0.125. The van der Waals surface area contributed by atoms with Crippen LogP contribution in [0.5, 0.6) is 0 Å². The molecule has 0 aliphatic carbocycles. The van der Waals surface area contributed by atoms with E-state index < -0.39 is 5.97 Å². The van der Waals surface area contributed by atoms with Crippen molar-refractivity contribution >= 4 is 23.9 Å². The molecule has 0 atom stereocenters. The number of aryl methyl sites for hydroxylation is 1. The Balaban J connectivity index is 0.000000240. The highest BCUT2D eigenvalue weighted by Crippen LogP contribution is 2.10. The molecular formula is C16H15ClO3. The number of aldehydes is 1. The van der Waals surface area contributed by atoms with Crippen molar-refractivity contribution in [2.75, 3.05) is 6.61 Å². The van der Waals surface area contributed by atoms with Crippen molar-refractivity contribution in [1.82, 2.24) is 0 Å². The van der Waals surface area contributed by atoms with Crippen LogP contribution in [0, 0.1) is 6.92 Å². The fourth-order valence-electron chi connectivity index (χ4n) is 1.31. The molecule has 2 aromatic rings. The third-order valence-electron chi connectivity index (χ3n) is 2.30. The van der Waals surface area contributed by atoms with Gasteiger partial charge >= 0.3 is 5.97 Å². The second kappa shape index (κ2) is 8.88. The molecule has 20 heavy (non-hydrogen) atoms. The smallest absolute Gasteiger partial charge is 0.338 e. The Hall–Kier alpha value is -2.13. The van der Waals surface area contributed by atoms with Crippen molar-refractivity contribution in [3.8, 4) is 0 Å². The summed E-state index contributed by atoms with van der Waals surface area (Å²) in [5.41, 5.74) is 1.70. The minimum absolute atomic E-state index is 0.221. The second-order valence-corrected chi connectivity index (χ2v) is 4.36. The van der Waals surface area contributed by atoms with Crippen LogP contribution in [0.3, 0.4) is 0 Å². The topological polar surface area (TPSA) is 43.4 Å². The molecule has 0 fully saturated rings. The Morgan fingerprint density at radius 2 is 1.70 bits per heavy atom. The lowest BCUT2D eigenvalue weighted by Gasteiger charge is -1.99. The monoisotopic (exact) mass is 290 g/mol. The van der Waals surface area contributed by atoms with E-state index in [1.807, 2.05) is 18.2 Å². The van der Waals surface area contributed by atoms with Gasteiger partial charge in [-0.2, -0.15) is 0 Å². The first-order valence-electron chi connectivity index (χ1n) is 6.01. The zero-order valence-electron chi connectivity index (χ0n) is 11.1. The zero-order chi connectivity index (χ0) is 14.8. The fourth-order valence-corrected chi connectivity index (χ4v) is 1.44. The predicted molar refractivity (Wildman–Crippen MR) is 79.0 cm³/mol. The zero-order valence-corrected chi connectivity index (χ0v) is 11.8. The number of esters is 1. The lowest BCUT2D eigenvalue weighted by molar-refractivity contribution is -0.110. The average molecular weight is 291 g/mol. The number of carbonyl (C=O) groups is 2. The van der Waals surface area contributed by atoms with E-state index in [9.17, 15) is 9.59 Å². The van der Waals surface area contributed by atoms with Crippen molar-refractivity contribution in [2.45, 2.75) is 6.92 Å². The number of ether oxygens (including phenoxy) is 1. The summed E-state index contributed by atoms with van der Waals surface area (Å²) in [6.07, 6.45) is 0.522. The molecule has 0 aliphatic heterocycles. The van der Waals surface area contributed by atoms with Gasteiger partial charge in [0, 0.05) is 5.02 Å². The normalized spacial score (nSPS) is 9.10. The van der Waals surface area contributed by atoms with Crippen molar-refractivity contribution in [3.63, 3.8) is 0 Å². The van der Waals surface area contributed by atoms with Gasteiger partial charge < -0.3 is 4.74 Å². The number of hydrogen-bond acceptors (Lipinski definition) is 3. The van der Waals surface area contributed by atoms with Crippen LogP contribution < -0.4 is 0 Å².